The van der Waals surface area contributed by atoms with Gasteiger partial charge in [0.05, 0.1) is 16.8 Å². The Labute approximate surface area is 276 Å². The Hall–Kier alpha value is -4.38. The number of halogens is 4. The Morgan fingerprint density at radius 3 is 2.40 bits per heavy atom. The molecular weight excluding hydrogens is 690 g/mol. The fourth-order valence-electron chi connectivity index (χ4n) is 4.41. The van der Waals surface area contributed by atoms with Crippen molar-refractivity contribution in [2.45, 2.75) is 20.1 Å². The summed E-state index contributed by atoms with van der Waals surface area (Å²) in [6.07, 6.45) is 1.36. The summed E-state index contributed by atoms with van der Waals surface area (Å²) in [7, 11) is 0. The summed E-state index contributed by atoms with van der Waals surface area (Å²) in [6.45, 7) is 2.35. The van der Waals surface area contributed by atoms with Gasteiger partial charge in [0.1, 0.15) is 30.4 Å². The van der Waals surface area contributed by atoms with Crippen molar-refractivity contribution in [3.63, 3.8) is 0 Å². The highest BCUT2D eigenvalue weighted by Gasteiger charge is 2.37. The summed E-state index contributed by atoms with van der Waals surface area (Å²) in [5.74, 6) is -0.877. The smallest absolute Gasteiger partial charge is 0.335 e. The van der Waals surface area contributed by atoms with Crippen LogP contribution in [-0.2, 0) is 22.8 Å². The molecule has 4 amide bonds. The maximum absolute atomic E-state index is 13.6. The average molecular weight is 714 g/mol. The van der Waals surface area contributed by atoms with Gasteiger partial charge in [-0.2, -0.15) is 0 Å². The van der Waals surface area contributed by atoms with E-state index in [1.165, 1.54) is 30.3 Å². The van der Waals surface area contributed by atoms with Crippen LogP contribution in [-0.4, -0.2) is 24.5 Å². The number of nitrogens with zero attached hydrogens (tertiary/aromatic N) is 1. The lowest BCUT2D eigenvalue weighted by molar-refractivity contribution is -0.122. The van der Waals surface area contributed by atoms with Gasteiger partial charge in [-0.05, 0) is 101 Å². The molecule has 4 aromatic rings. The fourth-order valence-corrected chi connectivity index (χ4v) is 5.44. The second-order valence-electron chi connectivity index (χ2n) is 9.66. The Morgan fingerprint density at radius 2 is 1.69 bits per heavy atom. The number of ether oxygens (including phenoxy) is 3. The summed E-state index contributed by atoms with van der Waals surface area (Å²) in [4.78, 5) is 39.9. The van der Waals surface area contributed by atoms with Gasteiger partial charge in [-0.3, -0.25) is 14.9 Å². The standard InChI is InChI=1S/C33H24BrCl2FN2O6/c1-2-43-29-15-20(14-27(34)30(29)45-17-19-4-3-5-23(37)12-19)13-26-31(40)38-33(42)39(32(26)41)24-8-10-25(11-9-24)44-18-21-6-7-22(35)16-28(21)36/h3-16H,2,17-18H2,1H3,(H,38,40,42)/b26-13+. The lowest BCUT2D eigenvalue weighted by atomic mass is 10.1. The summed E-state index contributed by atoms with van der Waals surface area (Å²) >= 11 is 15.6. The molecule has 0 spiro atoms. The third-order valence-corrected chi connectivity index (χ3v) is 7.70. The largest absolute Gasteiger partial charge is 0.490 e. The molecule has 0 aromatic heterocycles. The molecule has 4 aromatic carbocycles. The number of rotatable bonds is 10. The number of carbonyl (C=O) groups is 3. The molecule has 0 saturated carbocycles. The van der Waals surface area contributed by atoms with Crippen LogP contribution < -0.4 is 24.4 Å². The van der Waals surface area contributed by atoms with Gasteiger partial charge in [0.25, 0.3) is 11.8 Å². The van der Waals surface area contributed by atoms with Gasteiger partial charge in [0, 0.05) is 15.6 Å². The van der Waals surface area contributed by atoms with Crippen molar-refractivity contribution in [1.82, 2.24) is 5.32 Å². The normalized spacial score (nSPS) is 14.0. The van der Waals surface area contributed by atoms with E-state index >= 15 is 0 Å². The second-order valence-corrected chi connectivity index (χ2v) is 11.4. The maximum Gasteiger partial charge on any atom is 0.335 e. The predicted octanol–water partition coefficient (Wildman–Crippen LogP) is 8.12. The minimum atomic E-state index is -0.888. The summed E-state index contributed by atoms with van der Waals surface area (Å²) in [5, 5.41) is 3.19. The molecule has 1 aliphatic heterocycles. The van der Waals surface area contributed by atoms with E-state index in [0.29, 0.717) is 49.5 Å². The molecule has 0 aliphatic carbocycles. The van der Waals surface area contributed by atoms with E-state index in [1.54, 1.807) is 61.5 Å². The highest BCUT2D eigenvalue weighted by atomic mass is 79.9. The highest BCUT2D eigenvalue weighted by Crippen LogP contribution is 2.38. The maximum atomic E-state index is 13.6. The number of urea groups is 1. The molecule has 1 saturated heterocycles. The first-order valence-electron chi connectivity index (χ1n) is 13.5. The molecular formula is C33H24BrCl2FN2O6. The van der Waals surface area contributed by atoms with Gasteiger partial charge in [0.2, 0.25) is 0 Å². The van der Waals surface area contributed by atoms with E-state index in [-0.39, 0.29) is 30.3 Å². The van der Waals surface area contributed by atoms with E-state index in [1.807, 2.05) is 0 Å². The molecule has 5 rings (SSSR count). The quantitative estimate of drug-likeness (QED) is 0.132. The number of hydrogen-bond donors (Lipinski definition) is 1. The molecule has 1 aliphatic rings. The van der Waals surface area contributed by atoms with Crippen molar-refractivity contribution in [1.29, 1.82) is 0 Å². The zero-order valence-electron chi connectivity index (χ0n) is 23.6. The Morgan fingerprint density at radius 1 is 0.911 bits per heavy atom. The van der Waals surface area contributed by atoms with Gasteiger partial charge in [-0.25, -0.2) is 14.1 Å². The molecule has 1 fully saturated rings. The number of amides is 4. The summed E-state index contributed by atoms with van der Waals surface area (Å²) < 4.78 is 31.5. The number of barbiturate groups is 1. The summed E-state index contributed by atoms with van der Waals surface area (Å²) in [5.41, 5.74) is 1.74. The van der Waals surface area contributed by atoms with Crippen molar-refractivity contribution in [3.05, 3.63) is 121 Å². The topological polar surface area (TPSA) is 94.2 Å². The van der Waals surface area contributed by atoms with E-state index < -0.39 is 17.8 Å². The average Bonchev–Trinajstić information content (AvgIpc) is 2.99. The number of benzene rings is 4. The first kappa shape index (κ1) is 32.0. The fraction of sp³-hybridized carbons (Fsp3) is 0.121. The van der Waals surface area contributed by atoms with Gasteiger partial charge >= 0.3 is 6.03 Å². The van der Waals surface area contributed by atoms with E-state index in [4.69, 9.17) is 37.4 Å². The zero-order valence-corrected chi connectivity index (χ0v) is 26.7. The van der Waals surface area contributed by atoms with E-state index in [9.17, 15) is 18.8 Å². The minimum Gasteiger partial charge on any atom is -0.490 e. The molecule has 230 valence electrons. The van der Waals surface area contributed by atoms with Crippen LogP contribution in [0.3, 0.4) is 0 Å². The molecule has 1 heterocycles. The van der Waals surface area contributed by atoms with Crippen LogP contribution in [0.15, 0.2) is 88.9 Å². The molecule has 0 bridgehead atoms. The molecule has 0 unspecified atom stereocenters. The van der Waals surface area contributed by atoms with Gasteiger partial charge < -0.3 is 14.2 Å². The number of anilines is 1. The van der Waals surface area contributed by atoms with Crippen LogP contribution in [0, 0.1) is 5.82 Å². The number of imide groups is 2. The van der Waals surface area contributed by atoms with Crippen LogP contribution in [0.2, 0.25) is 10.0 Å². The summed E-state index contributed by atoms with van der Waals surface area (Å²) in [6, 6.07) is 19.7. The van der Waals surface area contributed by atoms with Crippen LogP contribution in [0.5, 0.6) is 17.2 Å². The predicted molar refractivity (Wildman–Crippen MR) is 172 cm³/mol. The van der Waals surface area contributed by atoms with Crippen molar-refractivity contribution in [2.75, 3.05) is 11.5 Å². The highest BCUT2D eigenvalue weighted by molar-refractivity contribution is 9.10. The monoisotopic (exact) mass is 712 g/mol. The Bertz CT molecular complexity index is 1820. The van der Waals surface area contributed by atoms with Gasteiger partial charge in [0.15, 0.2) is 11.5 Å². The van der Waals surface area contributed by atoms with Crippen LogP contribution in [0.1, 0.15) is 23.6 Å². The number of carbonyl (C=O) groups excluding carboxylic acids is 3. The van der Waals surface area contributed by atoms with Crippen molar-refractivity contribution in [3.8, 4) is 17.2 Å². The molecule has 0 atom stereocenters. The third kappa shape index (κ3) is 7.65. The van der Waals surface area contributed by atoms with Crippen LogP contribution >= 0.6 is 39.1 Å². The van der Waals surface area contributed by atoms with Crippen molar-refractivity contribution < 1.29 is 33.0 Å². The third-order valence-electron chi connectivity index (χ3n) is 6.52. The number of hydrogen-bond acceptors (Lipinski definition) is 6. The lowest BCUT2D eigenvalue weighted by Crippen LogP contribution is -2.54. The SMILES string of the molecule is CCOc1cc(/C=C2\C(=O)NC(=O)N(c3ccc(OCc4ccc(Cl)cc4Cl)cc3)C2=O)cc(Br)c1OCc1cccc(F)c1. The molecule has 12 heteroatoms. The molecule has 1 N–H and O–H groups in total. The van der Waals surface area contributed by atoms with Gasteiger partial charge in [-0.1, -0.05) is 41.4 Å². The van der Waals surface area contributed by atoms with Crippen molar-refractivity contribution >= 4 is 68.7 Å². The minimum absolute atomic E-state index is 0.0769. The molecule has 45 heavy (non-hydrogen) atoms. The second kappa shape index (κ2) is 14.2. The first-order chi connectivity index (χ1) is 21.6. The first-order valence-corrected chi connectivity index (χ1v) is 15.1. The Balaban J connectivity index is 1.35. The number of nitrogens with one attached hydrogen (secondary N) is 1. The van der Waals surface area contributed by atoms with E-state index in [0.717, 1.165) is 10.5 Å². The van der Waals surface area contributed by atoms with Gasteiger partial charge in [-0.15, -0.1) is 0 Å². The lowest BCUT2D eigenvalue weighted by Gasteiger charge is -2.26. The van der Waals surface area contributed by atoms with Crippen LogP contribution in [0.25, 0.3) is 6.08 Å². The van der Waals surface area contributed by atoms with Crippen LogP contribution in [0.4, 0.5) is 14.9 Å². The van der Waals surface area contributed by atoms with Crippen molar-refractivity contribution in [2.24, 2.45) is 0 Å². The molecule has 8 nitrogen and oxygen atoms in total. The zero-order chi connectivity index (χ0) is 32.1. The molecule has 0 radical (unpaired) electrons. The Kier molecular flexibility index (Phi) is 10.1. The van der Waals surface area contributed by atoms with E-state index in [2.05, 4.69) is 21.2 Å².